The van der Waals surface area contributed by atoms with Gasteiger partial charge in [0.2, 0.25) is 5.91 Å². The van der Waals surface area contributed by atoms with E-state index >= 15 is 0 Å². The number of nitrogens with one attached hydrogen (secondary N) is 1. The van der Waals surface area contributed by atoms with E-state index < -0.39 is 0 Å². The van der Waals surface area contributed by atoms with Crippen molar-refractivity contribution in [1.82, 2.24) is 5.32 Å². The molecule has 0 spiro atoms. The maximum absolute atomic E-state index is 11.9. The lowest BCUT2D eigenvalue weighted by atomic mass is 10.2. The van der Waals surface area contributed by atoms with E-state index in [9.17, 15) is 4.79 Å². The zero-order valence-corrected chi connectivity index (χ0v) is 16.2. The molecule has 0 aromatic heterocycles. The molecule has 0 fully saturated rings. The Balaban J connectivity index is 1.54. The van der Waals surface area contributed by atoms with Crippen LogP contribution in [-0.2, 0) is 4.79 Å². The number of benzene rings is 2. The van der Waals surface area contributed by atoms with Gasteiger partial charge in [-0.2, -0.15) is 0 Å². The zero-order chi connectivity index (χ0) is 19.3. The number of amides is 1. The van der Waals surface area contributed by atoms with Gasteiger partial charge in [0.05, 0.1) is 19.8 Å². The molecule has 0 saturated heterocycles. The third-order valence-corrected chi connectivity index (χ3v) is 3.86. The first-order chi connectivity index (χ1) is 13.2. The fraction of sp³-hybridized carbons (Fsp3) is 0.409. The Morgan fingerprint density at radius 3 is 2.41 bits per heavy atom. The maximum Gasteiger partial charge on any atom is 0.220 e. The Bertz CT molecular complexity index is 702. The van der Waals surface area contributed by atoms with Crippen LogP contribution in [0, 0.1) is 6.92 Å². The lowest BCUT2D eigenvalue weighted by molar-refractivity contribution is -0.121. The summed E-state index contributed by atoms with van der Waals surface area (Å²) >= 11 is 0. The van der Waals surface area contributed by atoms with Crippen LogP contribution >= 0.6 is 0 Å². The normalized spacial score (nSPS) is 10.3. The van der Waals surface area contributed by atoms with Crippen LogP contribution in [0.3, 0.4) is 0 Å². The van der Waals surface area contributed by atoms with Crippen molar-refractivity contribution in [1.29, 1.82) is 0 Å². The minimum atomic E-state index is 0.0345. The molecule has 1 amide bonds. The minimum Gasteiger partial charge on any atom is -0.494 e. The summed E-state index contributed by atoms with van der Waals surface area (Å²) in [5.41, 5.74) is 1.17. The Kier molecular flexibility index (Phi) is 9.04. The number of para-hydroxylation sites is 2. The Hall–Kier alpha value is -2.69. The van der Waals surface area contributed by atoms with Gasteiger partial charge in [0.1, 0.15) is 5.75 Å². The first kappa shape index (κ1) is 20.6. The van der Waals surface area contributed by atoms with E-state index in [4.69, 9.17) is 14.2 Å². The van der Waals surface area contributed by atoms with Crippen LogP contribution in [0.25, 0.3) is 0 Å². The fourth-order valence-corrected chi connectivity index (χ4v) is 2.54. The molecule has 0 aliphatic rings. The summed E-state index contributed by atoms with van der Waals surface area (Å²) in [6.07, 6.45) is 1.87. The maximum atomic E-state index is 11.9. The van der Waals surface area contributed by atoms with Crippen LogP contribution in [0.15, 0.2) is 48.5 Å². The van der Waals surface area contributed by atoms with Crippen molar-refractivity contribution in [3.05, 3.63) is 54.1 Å². The highest BCUT2D eigenvalue weighted by molar-refractivity contribution is 5.75. The molecule has 2 aromatic carbocycles. The first-order valence-corrected chi connectivity index (χ1v) is 9.50. The summed E-state index contributed by atoms with van der Waals surface area (Å²) in [4.78, 5) is 11.9. The van der Waals surface area contributed by atoms with Crippen molar-refractivity contribution >= 4 is 5.91 Å². The molecule has 0 aliphatic carbocycles. The van der Waals surface area contributed by atoms with Gasteiger partial charge < -0.3 is 19.5 Å². The van der Waals surface area contributed by atoms with Gasteiger partial charge in [-0.1, -0.05) is 24.3 Å². The van der Waals surface area contributed by atoms with Crippen LogP contribution in [0.4, 0.5) is 0 Å². The largest absolute Gasteiger partial charge is 0.494 e. The summed E-state index contributed by atoms with van der Waals surface area (Å²) in [5, 5.41) is 2.91. The first-order valence-electron chi connectivity index (χ1n) is 9.50. The van der Waals surface area contributed by atoms with Gasteiger partial charge in [-0.05, 0) is 56.5 Å². The van der Waals surface area contributed by atoms with Gasteiger partial charge >= 0.3 is 0 Å². The molecule has 5 nitrogen and oxygen atoms in total. The Labute approximate surface area is 161 Å². The number of rotatable bonds is 12. The summed E-state index contributed by atoms with van der Waals surface area (Å²) in [6, 6.07) is 15.5. The number of carbonyl (C=O) groups is 1. The molecule has 146 valence electrons. The molecule has 0 radical (unpaired) electrons. The van der Waals surface area contributed by atoms with Crippen LogP contribution in [0.5, 0.6) is 17.2 Å². The highest BCUT2D eigenvalue weighted by atomic mass is 16.5. The molecular weight excluding hydrogens is 342 g/mol. The number of carbonyl (C=O) groups excluding carboxylic acids is 1. The highest BCUT2D eigenvalue weighted by Gasteiger charge is 2.05. The van der Waals surface area contributed by atoms with Gasteiger partial charge in [0, 0.05) is 13.0 Å². The fourth-order valence-electron chi connectivity index (χ4n) is 2.54. The van der Waals surface area contributed by atoms with E-state index in [0.717, 1.165) is 17.9 Å². The predicted octanol–water partition coefficient (Wildman–Crippen LogP) is 4.14. The van der Waals surface area contributed by atoms with Crippen molar-refractivity contribution in [3.8, 4) is 17.2 Å². The number of hydrogen-bond donors (Lipinski definition) is 1. The molecule has 0 atom stereocenters. The third kappa shape index (κ3) is 8.03. The molecule has 0 aliphatic heterocycles. The predicted molar refractivity (Wildman–Crippen MR) is 107 cm³/mol. The molecule has 0 saturated carbocycles. The summed E-state index contributed by atoms with van der Waals surface area (Å²) in [5.74, 6) is 2.35. The molecule has 2 rings (SSSR count). The lowest BCUT2D eigenvalue weighted by Gasteiger charge is -2.11. The quantitative estimate of drug-likeness (QED) is 0.570. The van der Waals surface area contributed by atoms with E-state index in [-0.39, 0.29) is 5.91 Å². The molecule has 0 bridgehead atoms. The molecule has 1 N–H and O–H groups in total. The third-order valence-electron chi connectivity index (χ3n) is 3.86. The van der Waals surface area contributed by atoms with Crippen LogP contribution in [0.1, 0.15) is 31.7 Å². The number of aryl methyl sites for hydroxylation is 1. The average molecular weight is 371 g/mol. The van der Waals surface area contributed by atoms with Gasteiger partial charge in [0.15, 0.2) is 11.5 Å². The van der Waals surface area contributed by atoms with Crippen LogP contribution in [-0.4, -0.2) is 32.3 Å². The smallest absolute Gasteiger partial charge is 0.220 e. The van der Waals surface area contributed by atoms with Gasteiger partial charge in [-0.15, -0.1) is 0 Å². The van der Waals surface area contributed by atoms with E-state index in [1.807, 2.05) is 62.4 Å². The van der Waals surface area contributed by atoms with E-state index in [1.54, 1.807) is 0 Å². The van der Waals surface area contributed by atoms with Crippen LogP contribution in [0.2, 0.25) is 0 Å². The standard InChI is InChI=1S/C22H29NO4/c1-3-25-20-11-4-5-12-21(20)27-15-7-13-22(24)23-14-8-16-26-19-10-6-9-18(2)17-19/h4-6,9-12,17H,3,7-8,13-16H2,1-2H3,(H,23,24). The average Bonchev–Trinajstić information content (AvgIpc) is 2.66. The van der Waals surface area contributed by atoms with Crippen molar-refractivity contribution in [2.75, 3.05) is 26.4 Å². The highest BCUT2D eigenvalue weighted by Crippen LogP contribution is 2.26. The Morgan fingerprint density at radius 2 is 1.67 bits per heavy atom. The van der Waals surface area contributed by atoms with Crippen LogP contribution < -0.4 is 19.5 Å². The second kappa shape index (κ2) is 11.8. The SMILES string of the molecule is CCOc1ccccc1OCCCC(=O)NCCCOc1cccc(C)c1. The number of ether oxygens (including phenoxy) is 3. The summed E-state index contributed by atoms with van der Waals surface area (Å²) < 4.78 is 16.9. The minimum absolute atomic E-state index is 0.0345. The lowest BCUT2D eigenvalue weighted by Crippen LogP contribution is -2.25. The second-order valence-corrected chi connectivity index (χ2v) is 6.20. The molecule has 0 heterocycles. The molecule has 27 heavy (non-hydrogen) atoms. The molecule has 2 aromatic rings. The van der Waals surface area contributed by atoms with Gasteiger partial charge in [-0.25, -0.2) is 0 Å². The van der Waals surface area contributed by atoms with Crippen molar-refractivity contribution in [2.45, 2.75) is 33.1 Å². The topological polar surface area (TPSA) is 56.8 Å². The molecule has 5 heteroatoms. The molecule has 0 unspecified atom stereocenters. The zero-order valence-electron chi connectivity index (χ0n) is 16.2. The van der Waals surface area contributed by atoms with Crippen molar-refractivity contribution in [2.24, 2.45) is 0 Å². The number of hydrogen-bond acceptors (Lipinski definition) is 4. The van der Waals surface area contributed by atoms with Crippen molar-refractivity contribution in [3.63, 3.8) is 0 Å². The van der Waals surface area contributed by atoms with Crippen molar-refractivity contribution < 1.29 is 19.0 Å². The molecular formula is C22H29NO4. The summed E-state index contributed by atoms with van der Waals surface area (Å²) in [7, 11) is 0. The van der Waals surface area contributed by atoms with Gasteiger partial charge in [-0.3, -0.25) is 4.79 Å². The van der Waals surface area contributed by atoms with E-state index in [2.05, 4.69) is 5.32 Å². The monoisotopic (exact) mass is 371 g/mol. The summed E-state index contributed by atoms with van der Waals surface area (Å²) in [6.45, 7) is 6.24. The second-order valence-electron chi connectivity index (χ2n) is 6.20. The van der Waals surface area contributed by atoms with Gasteiger partial charge in [0.25, 0.3) is 0 Å². The van der Waals surface area contributed by atoms with E-state index in [0.29, 0.717) is 45.0 Å². The van der Waals surface area contributed by atoms with E-state index in [1.165, 1.54) is 5.56 Å². The Morgan fingerprint density at radius 1 is 0.926 bits per heavy atom.